The van der Waals surface area contributed by atoms with Crippen molar-refractivity contribution in [2.45, 2.75) is 13.0 Å². The van der Waals surface area contributed by atoms with E-state index in [0.29, 0.717) is 0 Å². The fraction of sp³-hybridized carbons (Fsp3) is 0.300. The number of hydrogen-bond donors (Lipinski definition) is 1. The maximum atomic E-state index is 11.6. The van der Waals surface area contributed by atoms with Crippen LogP contribution in [-0.2, 0) is 14.8 Å². The van der Waals surface area contributed by atoms with Gasteiger partial charge in [0.25, 0.3) is 0 Å². The summed E-state index contributed by atoms with van der Waals surface area (Å²) in [7, 11) is -3.72. The van der Waals surface area contributed by atoms with Crippen molar-refractivity contribution in [1.82, 2.24) is 0 Å². The molecule has 7 heteroatoms. The van der Waals surface area contributed by atoms with E-state index in [1.54, 1.807) is 12.1 Å². The average molecular weight is 278 g/mol. The molecule has 5 nitrogen and oxygen atoms in total. The second-order valence-electron chi connectivity index (χ2n) is 3.52. The van der Waals surface area contributed by atoms with Gasteiger partial charge < -0.3 is 5.11 Å². The van der Waals surface area contributed by atoms with Gasteiger partial charge in [0.05, 0.1) is 17.0 Å². The van der Waals surface area contributed by atoms with Gasteiger partial charge in [0.2, 0.25) is 10.0 Å². The van der Waals surface area contributed by atoms with Crippen molar-refractivity contribution in [3.63, 3.8) is 0 Å². The zero-order chi connectivity index (χ0) is 13.2. The van der Waals surface area contributed by atoms with Crippen LogP contribution >= 0.6 is 11.6 Å². The zero-order valence-corrected chi connectivity index (χ0v) is 10.9. The highest BCUT2D eigenvalue weighted by molar-refractivity contribution is 7.92. The zero-order valence-electron chi connectivity index (χ0n) is 9.29. The number of sulfonamides is 1. The van der Waals surface area contributed by atoms with Gasteiger partial charge in [-0.25, -0.2) is 13.2 Å². The molecule has 0 aliphatic heterocycles. The molecule has 1 N–H and O–H groups in total. The van der Waals surface area contributed by atoms with Gasteiger partial charge in [0.15, 0.2) is 0 Å². The van der Waals surface area contributed by atoms with Crippen LogP contribution in [0.2, 0.25) is 5.02 Å². The van der Waals surface area contributed by atoms with E-state index < -0.39 is 22.0 Å². The van der Waals surface area contributed by atoms with Crippen LogP contribution in [0, 0.1) is 0 Å². The van der Waals surface area contributed by atoms with Crippen LogP contribution in [0.4, 0.5) is 5.69 Å². The van der Waals surface area contributed by atoms with E-state index in [-0.39, 0.29) is 10.7 Å². The lowest BCUT2D eigenvalue weighted by Gasteiger charge is -2.26. The van der Waals surface area contributed by atoms with Gasteiger partial charge in [-0.1, -0.05) is 23.7 Å². The quantitative estimate of drug-likeness (QED) is 0.907. The monoisotopic (exact) mass is 277 g/mol. The maximum absolute atomic E-state index is 11.6. The molecule has 0 saturated heterocycles. The van der Waals surface area contributed by atoms with E-state index in [1.165, 1.54) is 19.1 Å². The lowest BCUT2D eigenvalue weighted by atomic mass is 10.2. The van der Waals surface area contributed by atoms with Crippen molar-refractivity contribution in [3.8, 4) is 0 Å². The summed E-state index contributed by atoms with van der Waals surface area (Å²) in [6, 6.07) is 4.97. The highest BCUT2D eigenvalue weighted by Crippen LogP contribution is 2.28. The van der Waals surface area contributed by atoms with Gasteiger partial charge in [-0.15, -0.1) is 0 Å². The summed E-state index contributed by atoms with van der Waals surface area (Å²) in [4.78, 5) is 10.9. The van der Waals surface area contributed by atoms with Crippen molar-refractivity contribution in [1.29, 1.82) is 0 Å². The number of carboxylic acid groups (broad SMARTS) is 1. The first kappa shape index (κ1) is 13.8. The van der Waals surface area contributed by atoms with E-state index in [1.807, 2.05) is 0 Å². The Morgan fingerprint density at radius 1 is 1.41 bits per heavy atom. The van der Waals surface area contributed by atoms with Crippen LogP contribution < -0.4 is 4.31 Å². The van der Waals surface area contributed by atoms with E-state index in [0.717, 1.165) is 10.6 Å². The van der Waals surface area contributed by atoms with E-state index in [4.69, 9.17) is 16.7 Å². The molecule has 1 atom stereocenters. The number of rotatable bonds is 4. The Labute approximate surface area is 105 Å². The van der Waals surface area contributed by atoms with Crippen LogP contribution in [0.25, 0.3) is 0 Å². The number of nitrogens with zero attached hydrogens (tertiary/aromatic N) is 1. The topological polar surface area (TPSA) is 74.7 Å². The normalized spacial score (nSPS) is 13.1. The number of carbonyl (C=O) groups is 1. The van der Waals surface area contributed by atoms with E-state index in [2.05, 4.69) is 0 Å². The van der Waals surface area contributed by atoms with Crippen LogP contribution in [-0.4, -0.2) is 31.8 Å². The Bertz CT molecular complexity index is 529. The number of halogens is 1. The van der Waals surface area contributed by atoms with Crippen molar-refractivity contribution in [2.75, 3.05) is 10.6 Å². The van der Waals surface area contributed by atoms with Crippen molar-refractivity contribution < 1.29 is 18.3 Å². The Balaban J connectivity index is 3.36. The number of carboxylic acids is 1. The third-order valence-electron chi connectivity index (χ3n) is 2.16. The fourth-order valence-electron chi connectivity index (χ4n) is 1.41. The summed E-state index contributed by atoms with van der Waals surface area (Å²) >= 11 is 5.87. The van der Waals surface area contributed by atoms with E-state index >= 15 is 0 Å². The molecular weight excluding hydrogens is 266 g/mol. The largest absolute Gasteiger partial charge is 0.480 e. The predicted octanol–water partition coefficient (Wildman–Crippen LogP) is 1.58. The first-order valence-corrected chi connectivity index (χ1v) is 6.94. The Kier molecular flexibility index (Phi) is 4.00. The lowest BCUT2D eigenvalue weighted by Crippen LogP contribution is -2.43. The second-order valence-corrected chi connectivity index (χ2v) is 5.79. The molecule has 0 radical (unpaired) electrons. The van der Waals surface area contributed by atoms with Crippen molar-refractivity contribution in [3.05, 3.63) is 29.3 Å². The van der Waals surface area contributed by atoms with Crippen LogP contribution in [0.3, 0.4) is 0 Å². The number of para-hydroxylation sites is 1. The molecule has 1 unspecified atom stereocenters. The molecule has 0 heterocycles. The minimum atomic E-state index is -3.72. The highest BCUT2D eigenvalue weighted by Gasteiger charge is 2.29. The van der Waals surface area contributed by atoms with Crippen LogP contribution in [0.15, 0.2) is 24.3 Å². The van der Waals surface area contributed by atoms with Gasteiger partial charge in [-0.05, 0) is 19.1 Å². The fourth-order valence-corrected chi connectivity index (χ4v) is 2.86. The SMILES string of the molecule is CC(C(=O)O)N(c1ccccc1Cl)S(C)(=O)=O. The molecule has 1 aromatic rings. The number of aliphatic carboxylic acids is 1. The molecule has 1 aromatic carbocycles. The summed E-state index contributed by atoms with van der Waals surface area (Å²) in [5.74, 6) is -1.24. The number of benzene rings is 1. The maximum Gasteiger partial charge on any atom is 0.327 e. The molecule has 1 rings (SSSR count). The molecule has 94 valence electrons. The minimum absolute atomic E-state index is 0.159. The minimum Gasteiger partial charge on any atom is -0.480 e. The van der Waals surface area contributed by atoms with Crippen LogP contribution in [0.1, 0.15) is 6.92 Å². The van der Waals surface area contributed by atoms with Crippen LogP contribution in [0.5, 0.6) is 0 Å². The summed E-state index contributed by atoms with van der Waals surface area (Å²) in [6.07, 6.45) is 0.940. The molecule has 0 saturated carbocycles. The number of hydrogen-bond acceptors (Lipinski definition) is 3. The Hall–Kier alpha value is -1.27. The molecule has 0 aromatic heterocycles. The second kappa shape index (κ2) is 4.93. The molecule has 0 aliphatic carbocycles. The van der Waals surface area contributed by atoms with Crippen molar-refractivity contribution in [2.24, 2.45) is 0 Å². The lowest BCUT2D eigenvalue weighted by molar-refractivity contribution is -0.137. The standard InChI is InChI=1S/C10H12ClNO4S/c1-7(10(13)14)12(17(2,15)16)9-6-4-3-5-8(9)11/h3-7H,1-2H3,(H,13,14). The summed E-state index contributed by atoms with van der Waals surface area (Å²) in [5, 5.41) is 9.10. The highest BCUT2D eigenvalue weighted by atomic mass is 35.5. The van der Waals surface area contributed by atoms with Gasteiger partial charge >= 0.3 is 5.97 Å². The molecule has 0 fully saturated rings. The molecule has 0 aliphatic rings. The first-order chi connectivity index (χ1) is 7.75. The predicted molar refractivity (Wildman–Crippen MR) is 65.9 cm³/mol. The van der Waals surface area contributed by atoms with Gasteiger partial charge in [-0.3, -0.25) is 4.31 Å². The third-order valence-corrected chi connectivity index (χ3v) is 3.70. The molecule has 0 amide bonds. The van der Waals surface area contributed by atoms with Gasteiger partial charge in [0.1, 0.15) is 6.04 Å². The average Bonchev–Trinajstić information content (AvgIpc) is 2.19. The third kappa shape index (κ3) is 3.10. The smallest absolute Gasteiger partial charge is 0.327 e. The summed E-state index contributed by atoms with van der Waals surface area (Å²) < 4.78 is 24.1. The van der Waals surface area contributed by atoms with E-state index in [9.17, 15) is 13.2 Å². The number of anilines is 1. The molecule has 0 bridgehead atoms. The van der Waals surface area contributed by atoms with Crippen molar-refractivity contribution >= 4 is 33.3 Å². The molecule has 17 heavy (non-hydrogen) atoms. The summed E-state index contributed by atoms with van der Waals surface area (Å²) in [5.41, 5.74) is 0.159. The van der Waals surface area contributed by atoms with Gasteiger partial charge in [0, 0.05) is 0 Å². The Morgan fingerprint density at radius 3 is 2.35 bits per heavy atom. The molecular formula is C10H12ClNO4S. The Morgan fingerprint density at radius 2 is 1.94 bits per heavy atom. The first-order valence-electron chi connectivity index (χ1n) is 4.72. The van der Waals surface area contributed by atoms with Gasteiger partial charge in [-0.2, -0.15) is 0 Å². The molecule has 0 spiro atoms. The summed E-state index contributed by atoms with van der Waals surface area (Å²) in [6.45, 7) is 1.28.